The Kier molecular flexibility index (Phi) is 6.79. The number of carbonyl (C=O) groups excluding carboxylic acids is 2. The Morgan fingerprint density at radius 2 is 1.65 bits per heavy atom. The number of benzene rings is 2. The van der Waals surface area contributed by atoms with E-state index in [0.29, 0.717) is 22.5 Å². The highest BCUT2D eigenvalue weighted by Crippen LogP contribution is 2.44. The van der Waals surface area contributed by atoms with Crippen molar-refractivity contribution in [1.29, 1.82) is 0 Å². The van der Waals surface area contributed by atoms with Gasteiger partial charge < -0.3 is 19.4 Å². The molecule has 0 bridgehead atoms. The first-order valence-corrected chi connectivity index (χ1v) is 13.1. The molecule has 7 nitrogen and oxygen atoms in total. The van der Waals surface area contributed by atoms with Crippen molar-refractivity contribution in [3.8, 4) is 11.1 Å². The zero-order valence-electron chi connectivity index (χ0n) is 21.3. The van der Waals surface area contributed by atoms with Crippen molar-refractivity contribution in [2.45, 2.75) is 44.8 Å². The van der Waals surface area contributed by atoms with Crippen molar-refractivity contribution in [1.82, 2.24) is 10.3 Å². The van der Waals surface area contributed by atoms with Gasteiger partial charge in [0, 0.05) is 17.8 Å². The number of rotatable bonds is 7. The number of aldehydes is 1. The minimum atomic E-state index is -0.680. The smallest absolute Gasteiger partial charge is 0.449 e. The molecule has 1 aliphatic heterocycles. The molecule has 2 aromatic carbocycles. The Bertz CT molecular complexity index is 1300. The number of fused-ring (bicyclic) bond motifs is 3. The summed E-state index contributed by atoms with van der Waals surface area (Å²) in [7, 11) is -0.680. The molecule has 0 unspecified atom stereocenters. The van der Waals surface area contributed by atoms with Crippen molar-refractivity contribution in [3.63, 3.8) is 0 Å². The molecule has 1 aromatic heterocycles. The van der Waals surface area contributed by atoms with Crippen LogP contribution in [0.15, 0.2) is 59.4 Å². The number of alkyl carbamates (subject to hydrolysis) is 1. The number of aromatic nitrogens is 1. The normalized spacial score (nSPS) is 17.8. The van der Waals surface area contributed by atoms with E-state index in [9.17, 15) is 9.59 Å². The molecule has 0 radical (unpaired) electrons. The summed E-state index contributed by atoms with van der Waals surface area (Å²) in [6.07, 6.45) is 1.97. The van der Waals surface area contributed by atoms with Gasteiger partial charge in [-0.15, -0.1) is 11.3 Å². The highest BCUT2D eigenvalue weighted by atomic mass is 32.1. The Morgan fingerprint density at radius 3 is 2.22 bits per heavy atom. The van der Waals surface area contributed by atoms with Crippen LogP contribution in [0.3, 0.4) is 0 Å². The lowest BCUT2D eigenvalue weighted by Crippen LogP contribution is -2.41. The van der Waals surface area contributed by atoms with Crippen molar-refractivity contribution in [2.75, 3.05) is 13.2 Å². The lowest BCUT2D eigenvalue weighted by Gasteiger charge is -2.32. The second kappa shape index (κ2) is 9.89. The first-order chi connectivity index (χ1) is 17.7. The van der Waals surface area contributed by atoms with Crippen LogP contribution in [-0.2, 0) is 14.0 Å². The monoisotopic (exact) mass is 516 g/mol. The number of hydrogen-bond acceptors (Lipinski definition) is 7. The molecule has 1 amide bonds. The van der Waals surface area contributed by atoms with E-state index in [-0.39, 0.29) is 19.1 Å². The molecule has 1 saturated heterocycles. The molecule has 1 aliphatic carbocycles. The second-order valence-electron chi connectivity index (χ2n) is 10.2. The Balaban J connectivity index is 1.29. The summed E-state index contributed by atoms with van der Waals surface area (Å²) < 4.78 is 18.1. The molecular weight excluding hydrogens is 487 g/mol. The van der Waals surface area contributed by atoms with Crippen LogP contribution in [0.1, 0.15) is 60.2 Å². The highest BCUT2D eigenvalue weighted by molar-refractivity contribution is 7.11. The summed E-state index contributed by atoms with van der Waals surface area (Å²) >= 11 is 1.25. The van der Waals surface area contributed by atoms with Gasteiger partial charge in [0.2, 0.25) is 0 Å². The fraction of sp³-hybridized carbons (Fsp3) is 0.321. The maximum atomic E-state index is 12.8. The van der Waals surface area contributed by atoms with Gasteiger partial charge >= 0.3 is 13.2 Å². The summed E-state index contributed by atoms with van der Waals surface area (Å²) in [6.45, 7) is 8.24. The zero-order valence-corrected chi connectivity index (χ0v) is 22.1. The van der Waals surface area contributed by atoms with Crippen LogP contribution in [0.25, 0.3) is 17.2 Å². The van der Waals surface area contributed by atoms with Gasteiger partial charge in [-0.05, 0) is 61.5 Å². The first-order valence-electron chi connectivity index (χ1n) is 12.2. The van der Waals surface area contributed by atoms with E-state index >= 15 is 0 Å². The third kappa shape index (κ3) is 4.99. The van der Waals surface area contributed by atoms with Crippen LogP contribution in [0.2, 0.25) is 0 Å². The predicted octanol–water partition coefficient (Wildman–Crippen LogP) is 5.51. The fourth-order valence-corrected chi connectivity index (χ4v) is 5.21. The molecule has 0 saturated carbocycles. The van der Waals surface area contributed by atoms with Crippen LogP contribution in [0.4, 0.5) is 4.79 Å². The maximum Gasteiger partial charge on any atom is 0.492 e. The summed E-state index contributed by atoms with van der Waals surface area (Å²) in [4.78, 5) is 28.2. The van der Waals surface area contributed by atoms with Crippen LogP contribution in [0, 0.1) is 0 Å². The number of carbonyl (C=O) groups is 2. The van der Waals surface area contributed by atoms with Crippen LogP contribution < -0.4 is 5.32 Å². The van der Waals surface area contributed by atoms with E-state index in [1.807, 2.05) is 52.0 Å². The van der Waals surface area contributed by atoms with Gasteiger partial charge in [0.15, 0.2) is 11.3 Å². The predicted molar refractivity (Wildman–Crippen MR) is 145 cm³/mol. The molecular formula is C28H29BN2O5S. The number of thiazole rings is 1. The lowest BCUT2D eigenvalue weighted by molar-refractivity contribution is 0.00578. The van der Waals surface area contributed by atoms with E-state index in [1.165, 1.54) is 22.5 Å². The van der Waals surface area contributed by atoms with Crippen LogP contribution in [0.5, 0.6) is 0 Å². The molecule has 2 heterocycles. The summed E-state index contributed by atoms with van der Waals surface area (Å²) in [6, 6.07) is 16.4. The SMILES string of the molecule is CC1(C)OB(C(=Cc2csc(C=O)n2)CNC(=O)OCC2c3ccccc3-c3ccccc32)OC1(C)C. The van der Waals surface area contributed by atoms with E-state index in [0.717, 1.165) is 11.1 Å². The molecule has 2 aliphatic rings. The summed E-state index contributed by atoms with van der Waals surface area (Å²) in [5.41, 5.74) is 4.85. The van der Waals surface area contributed by atoms with E-state index < -0.39 is 24.4 Å². The van der Waals surface area contributed by atoms with Gasteiger partial charge in [0.1, 0.15) is 6.61 Å². The summed E-state index contributed by atoms with van der Waals surface area (Å²) in [5, 5.41) is 5.00. The van der Waals surface area contributed by atoms with E-state index in [1.54, 1.807) is 11.5 Å². The highest BCUT2D eigenvalue weighted by Gasteiger charge is 2.52. The standard InChI is InChI=1S/C28H29BN2O5S/c1-27(2)28(3,4)36-29(35-27)18(13-19-17-37-25(15-32)31-19)14-30-26(33)34-16-24-22-11-7-5-9-20(22)21-10-6-8-12-23(21)24/h5-13,15,17,24H,14,16H2,1-4H3,(H,30,33). The molecule has 1 fully saturated rings. The fourth-order valence-electron chi connectivity index (χ4n) is 4.63. The number of amides is 1. The number of ether oxygens (including phenoxy) is 1. The maximum absolute atomic E-state index is 12.8. The van der Waals surface area contributed by atoms with Gasteiger partial charge in [-0.2, -0.15) is 0 Å². The molecule has 3 aromatic rings. The van der Waals surface area contributed by atoms with Gasteiger partial charge in [-0.25, -0.2) is 9.78 Å². The average Bonchev–Trinajstić information content (AvgIpc) is 3.52. The third-order valence-corrected chi connectivity index (χ3v) is 8.10. The Hall–Kier alpha value is -3.27. The number of nitrogens with zero attached hydrogens (tertiary/aromatic N) is 1. The molecule has 190 valence electrons. The summed E-state index contributed by atoms with van der Waals surface area (Å²) in [5.74, 6) is -0.0203. The molecule has 5 rings (SSSR count). The Morgan fingerprint density at radius 1 is 1.05 bits per heavy atom. The third-order valence-electron chi connectivity index (χ3n) is 7.31. The largest absolute Gasteiger partial charge is 0.492 e. The lowest BCUT2D eigenvalue weighted by atomic mass is 9.77. The molecule has 9 heteroatoms. The second-order valence-corrected chi connectivity index (χ2v) is 11.1. The minimum absolute atomic E-state index is 0.0203. The first kappa shape index (κ1) is 25.4. The molecule has 0 atom stereocenters. The Labute approximate surface area is 221 Å². The van der Waals surface area contributed by atoms with E-state index in [2.05, 4.69) is 34.6 Å². The number of hydrogen-bond donors (Lipinski definition) is 1. The van der Waals surface area contributed by atoms with Crippen LogP contribution >= 0.6 is 11.3 Å². The van der Waals surface area contributed by atoms with Gasteiger partial charge in [-0.1, -0.05) is 48.5 Å². The molecule has 37 heavy (non-hydrogen) atoms. The van der Waals surface area contributed by atoms with Crippen molar-refractivity contribution < 1.29 is 23.6 Å². The topological polar surface area (TPSA) is 86.8 Å². The van der Waals surface area contributed by atoms with Gasteiger partial charge in [0.25, 0.3) is 0 Å². The van der Waals surface area contributed by atoms with Gasteiger partial charge in [0.05, 0.1) is 16.9 Å². The van der Waals surface area contributed by atoms with Gasteiger partial charge in [-0.3, -0.25) is 4.79 Å². The van der Waals surface area contributed by atoms with E-state index in [4.69, 9.17) is 14.0 Å². The quantitative estimate of drug-likeness (QED) is 0.329. The van der Waals surface area contributed by atoms with Crippen molar-refractivity contribution in [2.24, 2.45) is 0 Å². The minimum Gasteiger partial charge on any atom is -0.449 e. The molecule has 1 N–H and O–H groups in total. The number of nitrogens with one attached hydrogen (secondary N) is 1. The van der Waals surface area contributed by atoms with Crippen LogP contribution in [-0.4, -0.2) is 48.8 Å². The van der Waals surface area contributed by atoms with Crippen molar-refractivity contribution >= 4 is 36.9 Å². The zero-order chi connectivity index (χ0) is 26.2. The average molecular weight is 516 g/mol. The molecule has 0 spiro atoms. The van der Waals surface area contributed by atoms with Crippen molar-refractivity contribution in [3.05, 3.63) is 81.2 Å².